The molecule has 2 saturated carbocycles. The van der Waals surface area contributed by atoms with E-state index in [4.69, 9.17) is 29.2 Å². The molecule has 12 rings (SSSR count). The zero-order chi connectivity index (χ0) is 90.3. The Labute approximate surface area is 727 Å². The molecule has 2 fully saturated rings. The fourth-order valence-corrected chi connectivity index (χ4v) is 15.9. The molecule has 3 heterocycles. The van der Waals surface area contributed by atoms with Crippen LogP contribution >= 0.6 is 12.6 Å². The van der Waals surface area contributed by atoms with Crippen LogP contribution in [0.15, 0.2) is 151 Å². The number of H-pyrrole nitrogens is 2. The number of aromatic amines is 2. The minimum Gasteiger partial charge on any atom is -0.508 e. The number of ether oxygens (including phenoxy) is 4. The van der Waals surface area contributed by atoms with Crippen molar-refractivity contribution >= 4 is 47.3 Å². The van der Waals surface area contributed by atoms with Crippen LogP contribution in [0.2, 0.25) is 0 Å². The third-order valence-electron chi connectivity index (χ3n) is 23.4. The fourth-order valence-electron chi connectivity index (χ4n) is 15.8. The van der Waals surface area contributed by atoms with Gasteiger partial charge in [0.05, 0.1) is 32.5 Å². The maximum atomic E-state index is 11.3. The summed E-state index contributed by atoms with van der Waals surface area (Å²) < 4.78 is 21.2. The van der Waals surface area contributed by atoms with E-state index in [1.807, 2.05) is 81.5 Å². The van der Waals surface area contributed by atoms with Crippen LogP contribution in [0.5, 0.6) is 57.5 Å². The third kappa shape index (κ3) is 31.4. The molecule has 19 nitrogen and oxygen atoms in total. The number of esters is 1. The Hall–Kier alpha value is -10.1. The number of rotatable bonds is 21. The second-order valence-electron chi connectivity index (χ2n) is 36.6. The highest BCUT2D eigenvalue weighted by Crippen LogP contribution is 2.71. The highest BCUT2D eigenvalue weighted by Gasteiger charge is 2.61. The minimum atomic E-state index is -0.346. The first-order valence-corrected chi connectivity index (χ1v) is 43.5. The number of fused-ring (bicyclic) bond motifs is 4. The van der Waals surface area contributed by atoms with Crippen LogP contribution in [0, 0.1) is 55.3 Å². The van der Waals surface area contributed by atoms with Crippen LogP contribution in [0.3, 0.4) is 0 Å². The van der Waals surface area contributed by atoms with Crippen LogP contribution in [0.25, 0.3) is 17.1 Å². The molecule has 6 unspecified atom stereocenters. The summed E-state index contributed by atoms with van der Waals surface area (Å²) in [5, 5.41) is 76.7. The van der Waals surface area contributed by atoms with Gasteiger partial charge in [-0.3, -0.25) is 19.5 Å². The predicted molar refractivity (Wildman–Crippen MR) is 497 cm³/mol. The summed E-state index contributed by atoms with van der Waals surface area (Å²) in [5.74, 6) is 8.01. The Kier molecular flexibility index (Phi) is 39.7. The molecule has 20 heteroatoms. The van der Waals surface area contributed by atoms with Crippen LogP contribution in [0.4, 0.5) is 5.69 Å². The van der Waals surface area contributed by atoms with Crippen molar-refractivity contribution in [3.63, 3.8) is 0 Å². The number of anilines is 1. The van der Waals surface area contributed by atoms with E-state index in [9.17, 15) is 39.9 Å². The third-order valence-corrected chi connectivity index (χ3v) is 23.7. The first-order chi connectivity index (χ1) is 56.8. The molecule has 9 aromatic rings. The highest BCUT2D eigenvalue weighted by atomic mass is 32.1. The van der Waals surface area contributed by atoms with Gasteiger partial charge in [-0.15, -0.1) is 0 Å². The van der Waals surface area contributed by atoms with Crippen LogP contribution in [-0.4, -0.2) is 93.4 Å². The predicted octanol–water partition coefficient (Wildman–Crippen LogP) is 24.5. The summed E-state index contributed by atoms with van der Waals surface area (Å²) in [5.41, 5.74) is 12.0. The second kappa shape index (κ2) is 47.4. The lowest BCUT2D eigenvalue weighted by molar-refractivity contribution is -0.141. The van der Waals surface area contributed by atoms with E-state index in [1.54, 1.807) is 72.8 Å². The number of benzene rings is 7. The van der Waals surface area contributed by atoms with E-state index in [-0.39, 0.29) is 63.5 Å². The van der Waals surface area contributed by atoms with Gasteiger partial charge < -0.3 is 65.0 Å². The summed E-state index contributed by atoms with van der Waals surface area (Å²) >= 11 is 3.90. The Balaban J connectivity index is 0.000000252. The topological polar surface area (TPSA) is 299 Å². The van der Waals surface area contributed by atoms with Crippen molar-refractivity contribution in [3.05, 3.63) is 212 Å². The number of carbonyl (C=O) groups is 2. The number of aromatic nitrogens is 4. The normalized spacial score (nSPS) is 17.0. The fraction of sp³-hybridized carbons (Fsp3) is 0.495. The molecule has 0 spiro atoms. The average molecular weight is 1680 g/mol. The summed E-state index contributed by atoms with van der Waals surface area (Å²) in [6, 6.07) is 37.8. The number of nitrogens with zero attached hydrogens (tertiary/aromatic N) is 2. The number of phenolic OH excluding ortho intramolecular Hbond substituents is 7. The Morgan fingerprint density at radius 3 is 1.85 bits per heavy atom. The quantitative estimate of drug-likeness (QED) is 0.0181. The van der Waals surface area contributed by atoms with Gasteiger partial charge in [-0.25, -0.2) is 4.98 Å². The molecule has 662 valence electrons. The average Bonchev–Trinajstić information content (AvgIpc) is 1.55. The molecule has 0 radical (unpaired) electrons. The standard InChI is InChI=1S/C24H40O2.C18H26O.C17H26O3S.C10H13NO2.C10H12O2.C10H14O.C7H8O2.C5H4N4O/c1-18(2)8-6-9-19(3)10-7-11-20(4)17-24(5)15-14-21-16-22(25)12-13-23(21)26-24;1-11-8-14(16(19)9-12(11)2)15-10-13-6-7-18(15,5)17(13,3)4;1-16(2,3)12-7-11(9-20-14(18)10-21)8-13(15(12)19)17(4,5)6;1-2-3-10(13)11-8-4-6-9(12)7-5-8;1-3-4-8-5-6-9(11)10(7-8)12-2;1-7(2)9-5-4-8(3)6-10(9)11;1-9-7-5-3-2-4-6(7)8;10-5-3-1-8-9-4(3)6-2-7-5/h12-13,16,18-20,25H,6-11,14-15,17H2,1-5H3;8-9,13,15,19H,6-7,10H2,1-5H3;7-8,19,21H,9-10H2,1-6H3;4-7,12H,2-3H2,1H3,(H,11,13);3-7,11H,1-2H3;4-7,11H,1-3H3;2-5,8H,1H3;1-2H,(H2,6,7,8,9,10)/b;;;;4-3+;;;. The second-order valence-corrected chi connectivity index (χ2v) is 36.9. The summed E-state index contributed by atoms with van der Waals surface area (Å²) in [4.78, 5) is 39.5. The van der Waals surface area contributed by atoms with E-state index in [0.717, 1.165) is 93.8 Å². The smallest absolute Gasteiger partial charge is 0.315 e. The molecule has 2 aromatic heterocycles. The SMILES string of the molecule is C/C=C/c1ccc(O)c(OC)c1.CC(C)(C)c1cc(COC(=O)CS)cc(C(C)(C)C)c1O.CC(C)CCCC(C)CCCC(C)CC1(C)CCc2cc(O)ccc2O1.CCCC(=O)Nc1ccc(O)cc1.COc1ccccc1O.Cc1cc(O)c(C2CC3CCC2(C)C3(C)C)cc1C.Cc1ccc(C(C)C)c(O)c1.O=c1[nH]cnc2[nH]ncc12. The maximum absolute atomic E-state index is 11.3. The number of methoxy groups -OCH3 is 2. The first kappa shape index (κ1) is 101. The minimum absolute atomic E-state index is 0.00758. The van der Waals surface area contributed by atoms with Crippen LogP contribution < -0.4 is 25.1 Å². The monoisotopic (exact) mass is 1680 g/mol. The number of thiol groups is 1. The largest absolute Gasteiger partial charge is 0.508 e. The van der Waals surface area contributed by atoms with Gasteiger partial charge in [0, 0.05) is 12.1 Å². The number of hydrogen-bond acceptors (Lipinski definition) is 17. The Morgan fingerprint density at radius 2 is 1.31 bits per heavy atom. The number of allylic oxidation sites excluding steroid dienone is 1. The molecular formula is C101H143N5O14S. The Morgan fingerprint density at radius 1 is 0.694 bits per heavy atom. The zero-order valence-corrected chi connectivity index (χ0v) is 77.4. The molecule has 3 aliphatic rings. The van der Waals surface area contributed by atoms with Crippen molar-refractivity contribution in [2.24, 2.45) is 34.5 Å². The van der Waals surface area contributed by atoms with Crippen molar-refractivity contribution in [1.29, 1.82) is 0 Å². The highest BCUT2D eigenvalue weighted by molar-refractivity contribution is 7.81. The number of para-hydroxylation sites is 2. The summed E-state index contributed by atoms with van der Waals surface area (Å²) in [6.45, 7) is 45.8. The molecule has 2 aliphatic carbocycles. The van der Waals surface area contributed by atoms with Gasteiger partial charge in [0.15, 0.2) is 28.6 Å². The van der Waals surface area contributed by atoms with Gasteiger partial charge in [-0.05, 0) is 283 Å². The van der Waals surface area contributed by atoms with Crippen molar-refractivity contribution < 1.29 is 64.3 Å². The summed E-state index contributed by atoms with van der Waals surface area (Å²) in [7, 11) is 3.06. The van der Waals surface area contributed by atoms with E-state index >= 15 is 0 Å². The number of carbonyl (C=O) groups excluding carboxylic acids is 2. The van der Waals surface area contributed by atoms with Crippen LogP contribution in [-0.2, 0) is 38.2 Å². The molecule has 1 amide bonds. The number of aromatic hydroxyl groups is 7. The molecule has 10 N–H and O–H groups in total. The van der Waals surface area contributed by atoms with Gasteiger partial charge in [-0.1, -0.05) is 198 Å². The van der Waals surface area contributed by atoms with Crippen molar-refractivity contribution in [2.75, 3.05) is 25.3 Å². The van der Waals surface area contributed by atoms with Gasteiger partial charge in [0.2, 0.25) is 5.91 Å². The number of hydrogen-bond donors (Lipinski definition) is 11. The lowest BCUT2D eigenvalue weighted by Gasteiger charge is -2.40. The summed E-state index contributed by atoms with van der Waals surface area (Å²) in [6.07, 6.45) is 23.3. The van der Waals surface area contributed by atoms with Crippen molar-refractivity contribution in [3.8, 4) is 57.5 Å². The van der Waals surface area contributed by atoms with Crippen LogP contribution in [0.1, 0.15) is 276 Å². The molecule has 7 aromatic carbocycles. The van der Waals surface area contributed by atoms with E-state index in [0.29, 0.717) is 80.5 Å². The van der Waals surface area contributed by atoms with E-state index in [2.05, 4.69) is 169 Å². The molecule has 1 aliphatic heterocycles. The van der Waals surface area contributed by atoms with Gasteiger partial charge in [0.1, 0.15) is 52.1 Å². The van der Waals surface area contributed by atoms with Crippen molar-refractivity contribution in [1.82, 2.24) is 20.2 Å². The van der Waals surface area contributed by atoms with E-state index < -0.39 is 0 Å². The molecule has 0 saturated heterocycles. The molecule has 121 heavy (non-hydrogen) atoms. The Bertz CT molecular complexity index is 4770. The molecule has 6 atom stereocenters. The number of nitrogens with one attached hydrogen (secondary N) is 3. The van der Waals surface area contributed by atoms with E-state index in [1.165, 1.54) is 101 Å². The van der Waals surface area contributed by atoms with Gasteiger partial charge in [0.25, 0.3) is 5.56 Å². The molecule has 2 bridgehead atoms. The number of aryl methyl sites for hydroxylation is 4. The lowest BCUT2D eigenvalue weighted by atomic mass is 9.65. The van der Waals surface area contributed by atoms with Crippen molar-refractivity contribution in [2.45, 2.75) is 270 Å². The molecular weight excluding hydrogens is 1540 g/mol. The van der Waals surface area contributed by atoms with Gasteiger partial charge >= 0.3 is 5.97 Å². The first-order valence-electron chi connectivity index (χ1n) is 42.8. The maximum Gasteiger partial charge on any atom is 0.315 e. The zero-order valence-electron chi connectivity index (χ0n) is 76.5. The number of amides is 1. The lowest BCUT2D eigenvalue weighted by Crippen LogP contribution is -2.38. The van der Waals surface area contributed by atoms with Gasteiger partial charge in [-0.2, -0.15) is 17.7 Å². The number of phenols is 7.